The van der Waals surface area contributed by atoms with Gasteiger partial charge in [0.1, 0.15) is 5.54 Å². The molecule has 1 aliphatic rings. The lowest BCUT2D eigenvalue weighted by Gasteiger charge is -2.22. The fourth-order valence-corrected chi connectivity index (χ4v) is 2.53. The van der Waals surface area contributed by atoms with E-state index >= 15 is 0 Å². The fraction of sp³-hybridized carbons (Fsp3) is 0.929. The van der Waals surface area contributed by atoms with Crippen molar-refractivity contribution in [1.82, 2.24) is 5.32 Å². The van der Waals surface area contributed by atoms with E-state index in [0.717, 1.165) is 38.5 Å². The van der Waals surface area contributed by atoms with E-state index in [1.165, 1.54) is 25.7 Å². The first-order valence-corrected chi connectivity index (χ1v) is 6.94. The van der Waals surface area contributed by atoms with E-state index in [9.17, 15) is 0 Å². The highest BCUT2D eigenvalue weighted by Gasteiger charge is 2.21. The van der Waals surface area contributed by atoms with Gasteiger partial charge >= 0.3 is 0 Å². The maximum Gasteiger partial charge on any atom is 0.104 e. The first kappa shape index (κ1) is 14.5. The average molecular weight is 238 g/mol. The van der Waals surface area contributed by atoms with Gasteiger partial charge in [0, 0.05) is 13.2 Å². The highest BCUT2D eigenvalue weighted by atomic mass is 16.5. The molecule has 1 unspecified atom stereocenters. The van der Waals surface area contributed by atoms with Gasteiger partial charge < -0.3 is 4.74 Å². The van der Waals surface area contributed by atoms with Gasteiger partial charge in [-0.25, -0.2) is 0 Å². The second-order valence-electron chi connectivity index (χ2n) is 5.30. The molecular weight excluding hydrogens is 212 g/mol. The highest BCUT2D eigenvalue weighted by Crippen LogP contribution is 2.24. The number of nitrogens with one attached hydrogen (secondary N) is 1. The first-order chi connectivity index (χ1) is 8.20. The van der Waals surface area contributed by atoms with Gasteiger partial charge in [-0.1, -0.05) is 19.8 Å². The summed E-state index contributed by atoms with van der Waals surface area (Å²) in [6.07, 6.45) is 7.26. The van der Waals surface area contributed by atoms with Crippen LogP contribution in [0.2, 0.25) is 0 Å². The van der Waals surface area contributed by atoms with Crippen LogP contribution in [0.3, 0.4) is 0 Å². The summed E-state index contributed by atoms with van der Waals surface area (Å²) >= 11 is 0. The monoisotopic (exact) mass is 238 g/mol. The van der Waals surface area contributed by atoms with Gasteiger partial charge in [-0.2, -0.15) is 5.26 Å². The van der Waals surface area contributed by atoms with Crippen molar-refractivity contribution in [2.75, 3.05) is 19.8 Å². The van der Waals surface area contributed by atoms with Crippen LogP contribution in [-0.2, 0) is 4.74 Å². The second kappa shape index (κ2) is 7.68. The third-order valence-electron chi connectivity index (χ3n) is 3.61. The van der Waals surface area contributed by atoms with E-state index in [0.29, 0.717) is 0 Å². The van der Waals surface area contributed by atoms with Crippen LogP contribution in [-0.4, -0.2) is 25.3 Å². The van der Waals surface area contributed by atoms with Crippen LogP contribution in [0.5, 0.6) is 0 Å². The summed E-state index contributed by atoms with van der Waals surface area (Å²) in [5, 5.41) is 12.3. The van der Waals surface area contributed by atoms with Gasteiger partial charge in [-0.15, -0.1) is 0 Å². The summed E-state index contributed by atoms with van der Waals surface area (Å²) in [6.45, 7) is 6.55. The molecule has 0 heterocycles. The van der Waals surface area contributed by atoms with Gasteiger partial charge in [-0.3, -0.25) is 5.32 Å². The van der Waals surface area contributed by atoms with E-state index in [-0.39, 0.29) is 5.54 Å². The van der Waals surface area contributed by atoms with Crippen LogP contribution < -0.4 is 5.32 Å². The Kier molecular flexibility index (Phi) is 6.54. The van der Waals surface area contributed by atoms with Gasteiger partial charge in [0.2, 0.25) is 0 Å². The molecule has 0 radical (unpaired) electrons. The minimum atomic E-state index is -0.383. The molecule has 0 aliphatic heterocycles. The summed E-state index contributed by atoms with van der Waals surface area (Å²) in [6, 6.07) is 2.34. The molecule has 1 rings (SSSR count). The van der Waals surface area contributed by atoms with Crippen LogP contribution in [0.4, 0.5) is 0 Å². The lowest BCUT2D eigenvalue weighted by Crippen LogP contribution is -2.40. The number of nitrogens with zero attached hydrogens (tertiary/aromatic N) is 1. The Hall–Kier alpha value is -0.590. The van der Waals surface area contributed by atoms with E-state index in [4.69, 9.17) is 10.00 Å². The second-order valence-corrected chi connectivity index (χ2v) is 5.30. The van der Waals surface area contributed by atoms with Gasteiger partial charge in [0.25, 0.3) is 0 Å². The Labute approximate surface area is 106 Å². The standard InChI is InChI=1S/C14H26N2O/c1-3-16-14(2,12-15)9-6-10-17-11-13-7-4-5-8-13/h13,16H,3-11H2,1-2H3. The quantitative estimate of drug-likeness (QED) is 0.661. The van der Waals surface area contributed by atoms with Crippen molar-refractivity contribution in [3.05, 3.63) is 0 Å². The smallest absolute Gasteiger partial charge is 0.104 e. The third-order valence-corrected chi connectivity index (χ3v) is 3.61. The zero-order valence-corrected chi connectivity index (χ0v) is 11.3. The van der Waals surface area contributed by atoms with E-state index in [1.807, 2.05) is 13.8 Å². The van der Waals surface area contributed by atoms with Gasteiger partial charge in [-0.05, 0) is 45.1 Å². The SMILES string of the molecule is CCNC(C)(C#N)CCCOCC1CCCC1. The predicted molar refractivity (Wildman–Crippen MR) is 69.7 cm³/mol. The Morgan fingerprint density at radius 2 is 2.12 bits per heavy atom. The summed E-state index contributed by atoms with van der Waals surface area (Å²) in [5.41, 5.74) is -0.383. The molecule has 17 heavy (non-hydrogen) atoms. The maximum atomic E-state index is 9.09. The molecule has 1 atom stereocenters. The fourth-order valence-electron chi connectivity index (χ4n) is 2.53. The number of rotatable bonds is 8. The summed E-state index contributed by atoms with van der Waals surface area (Å²) in [5.74, 6) is 0.797. The minimum Gasteiger partial charge on any atom is -0.381 e. The van der Waals surface area contributed by atoms with Crippen molar-refractivity contribution >= 4 is 0 Å². The van der Waals surface area contributed by atoms with Crippen molar-refractivity contribution in [3.8, 4) is 6.07 Å². The Balaban J connectivity index is 2.04. The Morgan fingerprint density at radius 1 is 1.41 bits per heavy atom. The van der Waals surface area contributed by atoms with Crippen LogP contribution >= 0.6 is 0 Å². The van der Waals surface area contributed by atoms with Crippen LogP contribution in [0.15, 0.2) is 0 Å². The Bertz CT molecular complexity index is 243. The third kappa shape index (κ3) is 5.52. The van der Waals surface area contributed by atoms with Gasteiger partial charge in [0.05, 0.1) is 6.07 Å². The van der Waals surface area contributed by atoms with Crippen molar-refractivity contribution in [2.45, 2.75) is 57.9 Å². The molecule has 0 saturated heterocycles. The minimum absolute atomic E-state index is 0.383. The lowest BCUT2D eigenvalue weighted by atomic mass is 9.98. The van der Waals surface area contributed by atoms with Gasteiger partial charge in [0.15, 0.2) is 0 Å². The van der Waals surface area contributed by atoms with E-state index in [2.05, 4.69) is 11.4 Å². The largest absolute Gasteiger partial charge is 0.381 e. The molecule has 98 valence electrons. The highest BCUT2D eigenvalue weighted by molar-refractivity contribution is 5.03. The molecule has 3 nitrogen and oxygen atoms in total. The summed E-state index contributed by atoms with van der Waals surface area (Å²) in [7, 11) is 0. The zero-order chi connectivity index (χ0) is 12.6. The molecular formula is C14H26N2O. The molecule has 0 bridgehead atoms. The van der Waals surface area contributed by atoms with Crippen molar-refractivity contribution in [2.24, 2.45) is 5.92 Å². The molecule has 0 aromatic rings. The van der Waals surface area contributed by atoms with Crippen LogP contribution in [0.25, 0.3) is 0 Å². The summed E-state index contributed by atoms with van der Waals surface area (Å²) in [4.78, 5) is 0. The summed E-state index contributed by atoms with van der Waals surface area (Å²) < 4.78 is 5.70. The maximum absolute atomic E-state index is 9.09. The van der Waals surface area contributed by atoms with Crippen LogP contribution in [0, 0.1) is 17.2 Å². The molecule has 1 aliphatic carbocycles. The molecule has 3 heteroatoms. The number of ether oxygens (including phenoxy) is 1. The Morgan fingerprint density at radius 3 is 2.71 bits per heavy atom. The molecule has 1 fully saturated rings. The van der Waals surface area contributed by atoms with Crippen molar-refractivity contribution in [3.63, 3.8) is 0 Å². The molecule has 1 N–H and O–H groups in total. The predicted octanol–water partition coefficient (Wildman–Crippen LogP) is 2.87. The lowest BCUT2D eigenvalue weighted by molar-refractivity contribution is 0.0952. The number of hydrogen-bond donors (Lipinski definition) is 1. The zero-order valence-electron chi connectivity index (χ0n) is 11.3. The number of hydrogen-bond acceptors (Lipinski definition) is 3. The normalized spacial score (nSPS) is 20.1. The van der Waals surface area contributed by atoms with Crippen LogP contribution in [0.1, 0.15) is 52.4 Å². The topological polar surface area (TPSA) is 45.0 Å². The molecule has 0 aromatic carbocycles. The average Bonchev–Trinajstić information content (AvgIpc) is 2.82. The number of nitriles is 1. The van der Waals surface area contributed by atoms with E-state index in [1.54, 1.807) is 0 Å². The molecule has 0 aromatic heterocycles. The molecule has 1 saturated carbocycles. The molecule has 0 spiro atoms. The first-order valence-electron chi connectivity index (χ1n) is 6.94. The van der Waals surface area contributed by atoms with Crippen molar-refractivity contribution in [1.29, 1.82) is 5.26 Å². The van der Waals surface area contributed by atoms with E-state index < -0.39 is 0 Å². The van der Waals surface area contributed by atoms with Crippen molar-refractivity contribution < 1.29 is 4.74 Å². The molecule has 0 amide bonds.